The van der Waals surface area contributed by atoms with Crippen LogP contribution in [0.2, 0.25) is 0 Å². The van der Waals surface area contributed by atoms with Crippen LogP contribution in [-0.2, 0) is 0 Å². The lowest BCUT2D eigenvalue weighted by Gasteiger charge is -2.00. The Bertz CT molecular complexity index is 616. The summed E-state index contributed by atoms with van der Waals surface area (Å²) < 4.78 is 0.986. The fourth-order valence-electron chi connectivity index (χ4n) is 1.64. The summed E-state index contributed by atoms with van der Waals surface area (Å²) in [5.74, 6) is 0. The minimum Gasteiger partial charge on any atom is -0.144 e. The Kier molecular flexibility index (Phi) is 3.36. The van der Waals surface area contributed by atoms with E-state index in [0.29, 0.717) is 0 Å². The molecule has 0 aliphatic heterocycles. The normalized spacial score (nSPS) is 10.9. The van der Waals surface area contributed by atoms with Gasteiger partial charge in [0.25, 0.3) is 0 Å². The first kappa shape index (κ1) is 11.9. The molecule has 0 nitrogen and oxygen atoms in total. The van der Waals surface area contributed by atoms with Gasteiger partial charge in [0.1, 0.15) is 0 Å². The third kappa shape index (κ3) is 2.11. The summed E-state index contributed by atoms with van der Waals surface area (Å²) in [7, 11) is 0. The Morgan fingerprint density at radius 3 is 2.12 bits per heavy atom. The average molecular weight is 313 g/mol. The Morgan fingerprint density at radius 2 is 1.53 bits per heavy atom. The van der Waals surface area contributed by atoms with Crippen LogP contribution < -0.4 is 0 Å². The van der Waals surface area contributed by atoms with Crippen molar-refractivity contribution in [1.82, 2.24) is 0 Å². The summed E-state index contributed by atoms with van der Waals surface area (Å²) in [6.45, 7) is 0. The van der Waals surface area contributed by atoms with Crippen molar-refractivity contribution in [3.05, 3.63) is 35.0 Å². The summed E-state index contributed by atoms with van der Waals surface area (Å²) >= 11 is 14.3. The molecule has 17 heavy (non-hydrogen) atoms. The van der Waals surface area contributed by atoms with Crippen molar-refractivity contribution < 1.29 is 0 Å². The number of hydrogen-bond acceptors (Lipinski definition) is 5. The van der Waals surface area contributed by atoms with Crippen molar-refractivity contribution in [2.75, 3.05) is 0 Å². The van der Waals surface area contributed by atoms with Gasteiger partial charge in [-0.1, -0.05) is 12.1 Å². The molecule has 3 aromatic heterocycles. The van der Waals surface area contributed by atoms with Crippen LogP contribution in [0.1, 0.15) is 0 Å². The van der Waals surface area contributed by atoms with Gasteiger partial charge in [-0.25, -0.2) is 0 Å². The first-order valence-corrected chi connectivity index (χ1v) is 8.37. The smallest absolute Gasteiger partial charge is 0.0715 e. The van der Waals surface area contributed by atoms with E-state index in [4.69, 9.17) is 0 Å². The first-order chi connectivity index (χ1) is 8.27. The maximum atomic E-state index is 4.60. The maximum absolute atomic E-state index is 4.60. The summed E-state index contributed by atoms with van der Waals surface area (Å²) in [4.78, 5) is 4.81. The molecule has 0 atom stereocenters. The number of thiophene rings is 3. The lowest BCUT2D eigenvalue weighted by molar-refractivity contribution is 1.43. The molecule has 0 aliphatic carbocycles. The standard InChI is InChI=1S/C12H8S5/c13-10-9(7-3-1-5-15-7)11(17-12(10)14)8-4-2-6-16-8/h1-6,13-14H. The zero-order chi connectivity index (χ0) is 11.8. The van der Waals surface area contributed by atoms with Crippen LogP contribution >= 0.6 is 59.3 Å². The Hall–Kier alpha value is -0.200. The van der Waals surface area contributed by atoms with E-state index >= 15 is 0 Å². The fraction of sp³-hybridized carbons (Fsp3) is 0. The molecule has 0 radical (unpaired) electrons. The quantitative estimate of drug-likeness (QED) is 0.550. The van der Waals surface area contributed by atoms with E-state index in [1.165, 1.54) is 20.2 Å². The van der Waals surface area contributed by atoms with Gasteiger partial charge < -0.3 is 0 Å². The molecule has 0 saturated heterocycles. The van der Waals surface area contributed by atoms with Crippen LogP contribution in [0.25, 0.3) is 20.2 Å². The van der Waals surface area contributed by atoms with Gasteiger partial charge in [0, 0.05) is 20.2 Å². The zero-order valence-corrected chi connectivity index (χ0v) is 12.8. The Balaban J connectivity index is 2.26. The molecule has 0 fully saturated rings. The van der Waals surface area contributed by atoms with Crippen molar-refractivity contribution in [3.8, 4) is 20.2 Å². The second-order valence-corrected chi connectivity index (χ2v) is 7.53. The molecule has 0 aromatic carbocycles. The topological polar surface area (TPSA) is 0 Å². The van der Waals surface area contributed by atoms with E-state index in [0.717, 1.165) is 9.10 Å². The highest BCUT2D eigenvalue weighted by Crippen LogP contribution is 2.48. The van der Waals surface area contributed by atoms with Gasteiger partial charge in [-0.3, -0.25) is 0 Å². The van der Waals surface area contributed by atoms with Crippen LogP contribution in [0, 0.1) is 0 Å². The lowest BCUT2D eigenvalue weighted by atomic mass is 10.2. The molecule has 0 bridgehead atoms. The van der Waals surface area contributed by atoms with Crippen LogP contribution in [-0.4, -0.2) is 0 Å². The summed E-state index contributed by atoms with van der Waals surface area (Å²) in [5, 5.41) is 4.19. The minimum atomic E-state index is 0.986. The molecule has 5 heteroatoms. The molecule has 0 amide bonds. The van der Waals surface area contributed by atoms with Crippen LogP contribution in [0.15, 0.2) is 44.1 Å². The summed E-state index contributed by atoms with van der Waals surface area (Å²) in [6.07, 6.45) is 0. The van der Waals surface area contributed by atoms with Crippen molar-refractivity contribution in [2.24, 2.45) is 0 Å². The number of thiol groups is 2. The van der Waals surface area contributed by atoms with Crippen molar-refractivity contribution >= 4 is 59.3 Å². The van der Waals surface area contributed by atoms with Gasteiger partial charge in [-0.05, 0) is 22.9 Å². The molecule has 0 unspecified atom stereocenters. The molecule has 0 N–H and O–H groups in total. The molecule has 0 spiro atoms. The van der Waals surface area contributed by atoms with Gasteiger partial charge in [0.2, 0.25) is 0 Å². The van der Waals surface area contributed by atoms with Gasteiger partial charge >= 0.3 is 0 Å². The highest BCUT2D eigenvalue weighted by atomic mass is 32.2. The molecule has 86 valence electrons. The molecular weight excluding hydrogens is 304 g/mol. The molecule has 3 rings (SSSR count). The molecule has 3 heterocycles. The van der Waals surface area contributed by atoms with Crippen LogP contribution in [0.3, 0.4) is 0 Å². The van der Waals surface area contributed by atoms with Crippen LogP contribution in [0.4, 0.5) is 0 Å². The van der Waals surface area contributed by atoms with Gasteiger partial charge in [-0.15, -0.1) is 59.3 Å². The van der Waals surface area contributed by atoms with E-state index in [9.17, 15) is 0 Å². The zero-order valence-electron chi connectivity index (χ0n) is 8.58. The largest absolute Gasteiger partial charge is 0.144 e. The summed E-state index contributed by atoms with van der Waals surface area (Å²) in [5.41, 5.74) is 1.22. The first-order valence-electron chi connectivity index (χ1n) is 4.90. The molecule has 0 aliphatic rings. The minimum absolute atomic E-state index is 0.986. The van der Waals surface area contributed by atoms with E-state index in [-0.39, 0.29) is 0 Å². The van der Waals surface area contributed by atoms with E-state index < -0.39 is 0 Å². The molecular formula is C12H8S5. The Labute approximate surface area is 123 Å². The van der Waals surface area contributed by atoms with Gasteiger partial charge in [0.15, 0.2) is 0 Å². The number of rotatable bonds is 2. The number of hydrogen-bond donors (Lipinski definition) is 2. The Morgan fingerprint density at radius 1 is 0.882 bits per heavy atom. The van der Waals surface area contributed by atoms with E-state index in [2.05, 4.69) is 60.3 Å². The molecule has 0 saturated carbocycles. The predicted octanol–water partition coefficient (Wildman–Crippen LogP) is 5.78. The lowest BCUT2D eigenvalue weighted by Crippen LogP contribution is -1.73. The van der Waals surface area contributed by atoms with E-state index in [1.807, 2.05) is 0 Å². The second-order valence-electron chi connectivity index (χ2n) is 3.41. The average Bonchev–Trinajstić information content (AvgIpc) is 3.01. The summed E-state index contributed by atoms with van der Waals surface area (Å²) in [6, 6.07) is 8.43. The monoisotopic (exact) mass is 312 g/mol. The van der Waals surface area contributed by atoms with Gasteiger partial charge in [-0.2, -0.15) is 0 Å². The maximum Gasteiger partial charge on any atom is 0.0715 e. The predicted molar refractivity (Wildman–Crippen MR) is 85.4 cm³/mol. The highest BCUT2D eigenvalue weighted by molar-refractivity contribution is 7.85. The van der Waals surface area contributed by atoms with Crippen molar-refractivity contribution in [1.29, 1.82) is 0 Å². The van der Waals surface area contributed by atoms with Crippen LogP contribution in [0.5, 0.6) is 0 Å². The highest BCUT2D eigenvalue weighted by Gasteiger charge is 2.18. The third-order valence-corrected chi connectivity index (χ3v) is 6.58. The van der Waals surface area contributed by atoms with Crippen molar-refractivity contribution in [2.45, 2.75) is 9.10 Å². The van der Waals surface area contributed by atoms with Crippen molar-refractivity contribution in [3.63, 3.8) is 0 Å². The molecule has 3 aromatic rings. The third-order valence-electron chi connectivity index (χ3n) is 2.38. The van der Waals surface area contributed by atoms with Gasteiger partial charge in [0.05, 0.1) is 9.09 Å². The fourth-order valence-corrected chi connectivity index (χ4v) is 5.21. The SMILES string of the molecule is Sc1sc(-c2cccs2)c(-c2cccs2)c1S. The van der Waals surface area contributed by atoms with E-state index in [1.54, 1.807) is 34.0 Å². The second kappa shape index (κ2) is 4.82.